The van der Waals surface area contributed by atoms with Crippen LogP contribution in [0, 0.1) is 0 Å². The van der Waals surface area contributed by atoms with Crippen LogP contribution in [-0.2, 0) is 13.0 Å². The number of rotatable bonds is 5. The molecule has 0 amide bonds. The zero-order valence-corrected chi connectivity index (χ0v) is 18.6. The van der Waals surface area contributed by atoms with Gasteiger partial charge in [0.1, 0.15) is 0 Å². The molecule has 3 N–H and O–H groups in total. The molecule has 0 aliphatic rings. The summed E-state index contributed by atoms with van der Waals surface area (Å²) in [6.45, 7) is 1.96. The van der Waals surface area contributed by atoms with Crippen LogP contribution in [0.4, 0.5) is 0 Å². The van der Waals surface area contributed by atoms with E-state index in [-0.39, 0.29) is 6.61 Å². The highest BCUT2D eigenvalue weighted by Crippen LogP contribution is 2.33. The largest absolute Gasteiger partial charge is 0.390 e. The van der Waals surface area contributed by atoms with E-state index < -0.39 is 0 Å². The summed E-state index contributed by atoms with van der Waals surface area (Å²) in [5.41, 5.74) is 10.5. The standard InChI is InChI=1S/C24H20N6O.CH5N/c1-2-17-6-3-8-21(27-17)16-12-19(22-9-5-11-25-29-22)20-14-26-30(23(20)13-16)24-10-4-7-18(15-31)28-24;1-2/h3-14,31H,2,15H2,1H3;2H2,1H3. The minimum Gasteiger partial charge on any atom is -0.390 e. The van der Waals surface area contributed by atoms with Crippen molar-refractivity contribution in [3.05, 3.63) is 84.4 Å². The van der Waals surface area contributed by atoms with E-state index in [4.69, 9.17) is 4.98 Å². The molecule has 5 rings (SSSR count). The highest BCUT2D eigenvalue weighted by Gasteiger charge is 2.16. The molecule has 0 aliphatic carbocycles. The number of nitrogens with zero attached hydrogens (tertiary/aromatic N) is 6. The van der Waals surface area contributed by atoms with E-state index in [1.165, 1.54) is 7.05 Å². The van der Waals surface area contributed by atoms with Crippen LogP contribution in [0.2, 0.25) is 0 Å². The van der Waals surface area contributed by atoms with Crippen molar-refractivity contribution in [2.45, 2.75) is 20.0 Å². The first-order valence-electron chi connectivity index (χ1n) is 10.7. The van der Waals surface area contributed by atoms with Crippen molar-refractivity contribution >= 4 is 10.9 Å². The smallest absolute Gasteiger partial charge is 0.154 e. The molecule has 8 heteroatoms. The first kappa shape index (κ1) is 22.2. The normalized spacial score (nSPS) is 10.7. The fourth-order valence-corrected chi connectivity index (χ4v) is 3.62. The minimum atomic E-state index is -0.128. The molecule has 0 saturated heterocycles. The Bertz CT molecular complexity index is 1370. The molecule has 0 bridgehead atoms. The lowest BCUT2D eigenvalue weighted by Gasteiger charge is -2.10. The van der Waals surface area contributed by atoms with Gasteiger partial charge in [0.25, 0.3) is 0 Å². The maximum atomic E-state index is 9.49. The molecule has 5 aromatic rings. The molecule has 33 heavy (non-hydrogen) atoms. The van der Waals surface area contributed by atoms with Crippen LogP contribution >= 0.6 is 0 Å². The summed E-state index contributed by atoms with van der Waals surface area (Å²) in [7, 11) is 1.50. The van der Waals surface area contributed by atoms with Crippen molar-refractivity contribution in [2.24, 2.45) is 5.73 Å². The number of aromatic nitrogens is 6. The van der Waals surface area contributed by atoms with Gasteiger partial charge >= 0.3 is 0 Å². The fraction of sp³-hybridized carbons (Fsp3) is 0.160. The van der Waals surface area contributed by atoms with Crippen LogP contribution in [0.1, 0.15) is 18.3 Å². The number of aryl methyl sites for hydroxylation is 1. The van der Waals surface area contributed by atoms with Crippen LogP contribution in [0.5, 0.6) is 0 Å². The molecule has 4 aromatic heterocycles. The van der Waals surface area contributed by atoms with E-state index in [2.05, 4.69) is 45.1 Å². The molecule has 0 saturated carbocycles. The van der Waals surface area contributed by atoms with Crippen LogP contribution in [0.15, 0.2) is 73.1 Å². The summed E-state index contributed by atoms with van der Waals surface area (Å²) in [4.78, 5) is 9.33. The van der Waals surface area contributed by atoms with Gasteiger partial charge in [0.2, 0.25) is 0 Å². The Morgan fingerprint density at radius 3 is 2.45 bits per heavy atom. The van der Waals surface area contributed by atoms with Gasteiger partial charge in [0.15, 0.2) is 5.82 Å². The highest BCUT2D eigenvalue weighted by atomic mass is 16.3. The van der Waals surface area contributed by atoms with E-state index in [1.54, 1.807) is 16.9 Å². The fourth-order valence-electron chi connectivity index (χ4n) is 3.62. The number of hydrogen-bond acceptors (Lipinski definition) is 7. The van der Waals surface area contributed by atoms with Crippen molar-refractivity contribution in [1.29, 1.82) is 0 Å². The molecule has 0 unspecified atom stereocenters. The Morgan fingerprint density at radius 1 is 0.909 bits per heavy atom. The van der Waals surface area contributed by atoms with E-state index in [9.17, 15) is 5.11 Å². The summed E-state index contributed by atoms with van der Waals surface area (Å²) in [5.74, 6) is 0.638. The maximum absolute atomic E-state index is 9.49. The third-order valence-electron chi connectivity index (χ3n) is 5.17. The number of aliphatic hydroxyl groups is 1. The van der Waals surface area contributed by atoms with Crippen molar-refractivity contribution < 1.29 is 5.11 Å². The summed E-state index contributed by atoms with van der Waals surface area (Å²) in [6.07, 6.45) is 4.33. The number of fused-ring (bicyclic) bond motifs is 1. The van der Waals surface area contributed by atoms with E-state index >= 15 is 0 Å². The molecular formula is C25H25N7O. The average Bonchev–Trinajstić information content (AvgIpc) is 3.34. The quantitative estimate of drug-likeness (QED) is 0.430. The predicted octanol–water partition coefficient (Wildman–Crippen LogP) is 3.57. The lowest BCUT2D eigenvalue weighted by molar-refractivity contribution is 0.276. The van der Waals surface area contributed by atoms with Gasteiger partial charge in [-0.05, 0) is 62.0 Å². The molecule has 0 spiro atoms. The minimum absolute atomic E-state index is 0.128. The zero-order chi connectivity index (χ0) is 23.2. The Morgan fingerprint density at radius 2 is 1.70 bits per heavy atom. The summed E-state index contributed by atoms with van der Waals surface area (Å²) < 4.78 is 1.78. The Labute approximate surface area is 191 Å². The number of pyridine rings is 2. The number of hydrogen-bond donors (Lipinski definition) is 2. The first-order chi connectivity index (χ1) is 16.3. The maximum Gasteiger partial charge on any atom is 0.154 e. The van der Waals surface area contributed by atoms with Crippen molar-refractivity contribution in [2.75, 3.05) is 7.05 Å². The summed E-state index contributed by atoms with van der Waals surface area (Å²) in [6, 6.07) is 19.5. The van der Waals surface area contributed by atoms with Crippen LogP contribution in [-0.4, -0.2) is 42.1 Å². The summed E-state index contributed by atoms with van der Waals surface area (Å²) >= 11 is 0. The van der Waals surface area contributed by atoms with Gasteiger partial charge in [-0.3, -0.25) is 4.98 Å². The molecular weight excluding hydrogens is 414 g/mol. The van der Waals surface area contributed by atoms with Crippen LogP contribution < -0.4 is 5.73 Å². The van der Waals surface area contributed by atoms with Gasteiger partial charge in [0, 0.05) is 28.4 Å². The van der Waals surface area contributed by atoms with E-state index in [1.807, 2.05) is 48.7 Å². The lowest BCUT2D eigenvalue weighted by Crippen LogP contribution is -2.02. The Hall–Kier alpha value is -4.01. The second kappa shape index (κ2) is 10.1. The monoisotopic (exact) mass is 439 g/mol. The number of nitrogens with two attached hydrogens (primary N) is 1. The Kier molecular flexibility index (Phi) is 6.77. The Balaban J connectivity index is 0.00000126. The predicted molar refractivity (Wildman–Crippen MR) is 129 cm³/mol. The van der Waals surface area contributed by atoms with Crippen LogP contribution in [0.25, 0.3) is 39.2 Å². The molecule has 8 nitrogen and oxygen atoms in total. The highest BCUT2D eigenvalue weighted by molar-refractivity contribution is 5.97. The lowest BCUT2D eigenvalue weighted by atomic mass is 10.0. The third kappa shape index (κ3) is 4.48. The van der Waals surface area contributed by atoms with Gasteiger partial charge in [-0.25, -0.2) is 9.67 Å². The second-order valence-corrected chi connectivity index (χ2v) is 7.13. The van der Waals surface area contributed by atoms with E-state index in [0.29, 0.717) is 11.5 Å². The third-order valence-corrected chi connectivity index (χ3v) is 5.17. The molecule has 1 aromatic carbocycles. The second-order valence-electron chi connectivity index (χ2n) is 7.13. The topological polar surface area (TPSA) is 116 Å². The van der Waals surface area contributed by atoms with Crippen molar-refractivity contribution in [3.8, 4) is 28.3 Å². The van der Waals surface area contributed by atoms with Gasteiger partial charge in [-0.1, -0.05) is 19.1 Å². The van der Waals surface area contributed by atoms with Gasteiger partial charge in [-0.2, -0.15) is 15.3 Å². The van der Waals surface area contributed by atoms with Crippen molar-refractivity contribution in [1.82, 2.24) is 29.9 Å². The molecule has 0 atom stereocenters. The molecule has 4 heterocycles. The average molecular weight is 440 g/mol. The SMILES string of the molecule is CCc1cccc(-c2cc(-c3cccnn3)c3cnn(-c4cccc(CO)n4)c3c2)n1.CN. The summed E-state index contributed by atoms with van der Waals surface area (Å²) in [5, 5.41) is 23.4. The van der Waals surface area contributed by atoms with Gasteiger partial charge < -0.3 is 10.8 Å². The van der Waals surface area contributed by atoms with Gasteiger partial charge in [0.05, 0.1) is 35.4 Å². The number of aliphatic hydroxyl groups excluding tert-OH is 1. The van der Waals surface area contributed by atoms with Gasteiger partial charge in [-0.15, -0.1) is 0 Å². The zero-order valence-electron chi connectivity index (χ0n) is 18.6. The van der Waals surface area contributed by atoms with E-state index in [0.717, 1.165) is 45.5 Å². The molecule has 0 fully saturated rings. The number of benzene rings is 1. The van der Waals surface area contributed by atoms with Crippen molar-refractivity contribution in [3.63, 3.8) is 0 Å². The van der Waals surface area contributed by atoms with Crippen LogP contribution in [0.3, 0.4) is 0 Å². The first-order valence-corrected chi connectivity index (χ1v) is 10.7. The molecule has 166 valence electrons. The molecule has 0 radical (unpaired) electrons. The molecule has 0 aliphatic heterocycles.